The van der Waals surface area contributed by atoms with Crippen molar-refractivity contribution in [3.63, 3.8) is 0 Å². The maximum Gasteiger partial charge on any atom is 0.243 e. The van der Waals surface area contributed by atoms with Gasteiger partial charge in [0.15, 0.2) is 0 Å². The number of amides is 1. The second-order valence-corrected chi connectivity index (χ2v) is 9.39. The highest BCUT2D eigenvalue weighted by Gasteiger charge is 2.48. The van der Waals surface area contributed by atoms with Gasteiger partial charge in [0.2, 0.25) is 15.9 Å². The molecule has 1 aliphatic heterocycles. The molecule has 1 aliphatic carbocycles. The van der Waals surface area contributed by atoms with Gasteiger partial charge in [0.1, 0.15) is 5.82 Å². The molecular weight excluding hydrogens is 379 g/mol. The van der Waals surface area contributed by atoms with Crippen LogP contribution in [0.5, 0.6) is 0 Å². The van der Waals surface area contributed by atoms with Crippen LogP contribution >= 0.6 is 0 Å². The summed E-state index contributed by atoms with van der Waals surface area (Å²) < 4.78 is 40.0. The molecule has 0 atom stereocenters. The van der Waals surface area contributed by atoms with E-state index < -0.39 is 21.3 Å². The molecule has 2 aliphatic rings. The van der Waals surface area contributed by atoms with Crippen molar-refractivity contribution < 1.29 is 17.6 Å². The second-order valence-electron chi connectivity index (χ2n) is 7.45. The molecule has 1 saturated heterocycles. The molecule has 4 rings (SSSR count). The lowest BCUT2D eigenvalue weighted by molar-refractivity contribution is -0.142. The fourth-order valence-electron chi connectivity index (χ4n) is 4.10. The Morgan fingerprint density at radius 2 is 1.50 bits per heavy atom. The second kappa shape index (κ2) is 7.29. The van der Waals surface area contributed by atoms with Crippen LogP contribution in [0.15, 0.2) is 59.5 Å². The molecule has 0 spiro atoms. The van der Waals surface area contributed by atoms with E-state index in [9.17, 15) is 17.6 Å². The van der Waals surface area contributed by atoms with Crippen molar-refractivity contribution in [2.45, 2.75) is 29.6 Å². The number of carbonyl (C=O) groups is 1. The van der Waals surface area contributed by atoms with Crippen LogP contribution in [0.3, 0.4) is 0 Å². The molecule has 1 saturated carbocycles. The number of piperazine rings is 1. The van der Waals surface area contributed by atoms with Crippen molar-refractivity contribution >= 4 is 15.9 Å². The average Bonchev–Trinajstić information content (AvgIpc) is 2.68. The molecule has 148 valence electrons. The van der Waals surface area contributed by atoms with E-state index in [-0.39, 0.29) is 23.9 Å². The molecule has 2 fully saturated rings. The summed E-state index contributed by atoms with van der Waals surface area (Å²) in [6.07, 6.45) is 2.70. The van der Waals surface area contributed by atoms with Gasteiger partial charge in [0, 0.05) is 26.2 Å². The van der Waals surface area contributed by atoms with E-state index >= 15 is 0 Å². The Balaban J connectivity index is 1.47. The van der Waals surface area contributed by atoms with Crippen LogP contribution in [0.4, 0.5) is 4.39 Å². The van der Waals surface area contributed by atoms with E-state index in [4.69, 9.17) is 0 Å². The van der Waals surface area contributed by atoms with Gasteiger partial charge in [-0.1, -0.05) is 36.8 Å². The van der Waals surface area contributed by atoms with Gasteiger partial charge in [0.25, 0.3) is 0 Å². The summed E-state index contributed by atoms with van der Waals surface area (Å²) in [4.78, 5) is 15.2. The molecule has 1 amide bonds. The quantitative estimate of drug-likeness (QED) is 0.790. The van der Waals surface area contributed by atoms with E-state index in [1.807, 2.05) is 30.3 Å². The van der Waals surface area contributed by atoms with Crippen molar-refractivity contribution in [2.24, 2.45) is 0 Å². The van der Waals surface area contributed by atoms with E-state index in [1.54, 1.807) is 4.90 Å². The Hall–Kier alpha value is -2.25. The molecule has 7 heteroatoms. The zero-order valence-corrected chi connectivity index (χ0v) is 16.4. The number of carbonyl (C=O) groups excluding carboxylic acids is 1. The van der Waals surface area contributed by atoms with Gasteiger partial charge in [-0.05, 0) is 42.7 Å². The van der Waals surface area contributed by atoms with Crippen molar-refractivity contribution in [3.05, 3.63) is 66.0 Å². The fraction of sp³-hybridized carbons (Fsp3) is 0.381. The highest BCUT2D eigenvalue weighted by Crippen LogP contribution is 2.45. The molecule has 28 heavy (non-hydrogen) atoms. The number of sulfonamides is 1. The number of benzene rings is 2. The number of halogens is 1. The summed E-state index contributed by atoms with van der Waals surface area (Å²) >= 11 is 0. The normalized spacial score (nSPS) is 19.8. The smallest absolute Gasteiger partial charge is 0.243 e. The molecule has 5 nitrogen and oxygen atoms in total. The molecule has 1 heterocycles. The third-order valence-corrected chi connectivity index (χ3v) is 7.83. The lowest BCUT2D eigenvalue weighted by atomic mass is 9.63. The third-order valence-electron chi connectivity index (χ3n) is 5.92. The van der Waals surface area contributed by atoms with Crippen LogP contribution in [-0.4, -0.2) is 49.7 Å². The Morgan fingerprint density at radius 1 is 0.893 bits per heavy atom. The minimum atomic E-state index is -3.68. The van der Waals surface area contributed by atoms with Gasteiger partial charge in [-0.15, -0.1) is 0 Å². The summed E-state index contributed by atoms with van der Waals surface area (Å²) in [5, 5.41) is 0. The zero-order valence-electron chi connectivity index (χ0n) is 15.6. The van der Waals surface area contributed by atoms with E-state index in [2.05, 4.69) is 0 Å². The largest absolute Gasteiger partial charge is 0.339 e. The van der Waals surface area contributed by atoms with Crippen molar-refractivity contribution in [1.82, 2.24) is 9.21 Å². The number of nitrogens with zero attached hydrogens (tertiary/aromatic N) is 2. The highest BCUT2D eigenvalue weighted by molar-refractivity contribution is 7.89. The van der Waals surface area contributed by atoms with Crippen molar-refractivity contribution in [3.8, 4) is 0 Å². The van der Waals surface area contributed by atoms with E-state index in [0.717, 1.165) is 37.0 Å². The van der Waals surface area contributed by atoms with E-state index in [0.29, 0.717) is 13.1 Å². The molecule has 2 aromatic rings. The summed E-state index contributed by atoms with van der Waals surface area (Å²) in [6, 6.07) is 14.7. The summed E-state index contributed by atoms with van der Waals surface area (Å²) in [5.41, 5.74) is 0.590. The zero-order chi connectivity index (χ0) is 19.8. The Bertz CT molecular complexity index is 949. The third kappa shape index (κ3) is 3.22. The topological polar surface area (TPSA) is 57.7 Å². The average molecular weight is 402 g/mol. The van der Waals surface area contributed by atoms with Crippen molar-refractivity contribution in [2.75, 3.05) is 26.2 Å². The molecule has 0 aromatic heterocycles. The standard InChI is InChI=1S/C21H23FN2O3S/c22-18-7-9-19(10-8-18)28(26,27)24-15-13-23(14-16-24)20(25)21(11-4-12-21)17-5-2-1-3-6-17/h1-3,5-10H,4,11-16H2. The minimum Gasteiger partial charge on any atom is -0.339 e. The van der Waals surface area contributed by atoms with Gasteiger partial charge in [-0.3, -0.25) is 4.79 Å². The van der Waals surface area contributed by atoms with Crippen molar-refractivity contribution in [1.29, 1.82) is 0 Å². The first-order valence-electron chi connectivity index (χ1n) is 9.54. The maximum absolute atomic E-state index is 13.3. The number of hydrogen-bond donors (Lipinski definition) is 0. The van der Waals surface area contributed by atoms with Crippen LogP contribution < -0.4 is 0 Å². The Labute approximate surface area is 164 Å². The summed E-state index contributed by atoms with van der Waals surface area (Å²) in [6.45, 7) is 1.23. The van der Waals surface area contributed by atoms with E-state index in [1.165, 1.54) is 16.4 Å². The minimum absolute atomic E-state index is 0.0772. The molecule has 0 radical (unpaired) electrons. The van der Waals surface area contributed by atoms with Crippen LogP contribution in [0.2, 0.25) is 0 Å². The molecule has 0 unspecified atom stereocenters. The van der Waals surface area contributed by atoms with Gasteiger partial charge in [0.05, 0.1) is 10.3 Å². The van der Waals surface area contributed by atoms with Crippen LogP contribution in [-0.2, 0) is 20.2 Å². The maximum atomic E-state index is 13.3. The van der Waals surface area contributed by atoms with Gasteiger partial charge < -0.3 is 4.90 Å². The molecular formula is C21H23FN2O3S. The summed E-state index contributed by atoms with van der Waals surface area (Å²) in [5.74, 6) is -0.371. The molecule has 2 aromatic carbocycles. The van der Waals surface area contributed by atoms with Gasteiger partial charge in [-0.25, -0.2) is 12.8 Å². The predicted octanol–water partition coefficient (Wildman–Crippen LogP) is 2.78. The van der Waals surface area contributed by atoms with Crippen LogP contribution in [0, 0.1) is 5.82 Å². The fourth-order valence-corrected chi connectivity index (χ4v) is 5.53. The van der Waals surface area contributed by atoms with Gasteiger partial charge >= 0.3 is 0 Å². The SMILES string of the molecule is O=C(N1CCN(S(=O)(=O)c2ccc(F)cc2)CC1)C1(c2ccccc2)CCC1. The lowest BCUT2D eigenvalue weighted by Crippen LogP contribution is -2.57. The number of rotatable bonds is 4. The first kappa shape index (κ1) is 19.1. The number of hydrogen-bond acceptors (Lipinski definition) is 3. The summed E-state index contributed by atoms with van der Waals surface area (Å²) in [7, 11) is -3.68. The van der Waals surface area contributed by atoms with Gasteiger partial charge in [-0.2, -0.15) is 4.31 Å². The predicted molar refractivity (Wildman–Crippen MR) is 104 cm³/mol. The first-order chi connectivity index (χ1) is 13.4. The van der Waals surface area contributed by atoms with Crippen LogP contribution in [0.25, 0.3) is 0 Å². The molecule has 0 N–H and O–H groups in total. The molecule has 0 bridgehead atoms. The Morgan fingerprint density at radius 3 is 2.04 bits per heavy atom. The lowest BCUT2D eigenvalue weighted by Gasteiger charge is -2.45. The highest BCUT2D eigenvalue weighted by atomic mass is 32.2. The first-order valence-corrected chi connectivity index (χ1v) is 11.0. The van der Waals surface area contributed by atoms with Crippen LogP contribution in [0.1, 0.15) is 24.8 Å². The monoisotopic (exact) mass is 402 g/mol. The Kier molecular flexibility index (Phi) is 4.97.